The normalized spacial score (nSPS) is 11.0. The van der Waals surface area contributed by atoms with Gasteiger partial charge in [0.2, 0.25) is 0 Å². The molecule has 0 aliphatic rings. The first-order valence-corrected chi connectivity index (χ1v) is 10.7. The highest BCUT2D eigenvalue weighted by molar-refractivity contribution is 5.84. The number of nitriles is 1. The van der Waals surface area contributed by atoms with Gasteiger partial charge in [-0.1, -0.05) is 48.6 Å². The average Bonchev–Trinajstić information content (AvgIpc) is 2.84. The molecule has 0 unspecified atom stereocenters. The van der Waals surface area contributed by atoms with Gasteiger partial charge in [0, 0.05) is 30.2 Å². The largest absolute Gasteiger partial charge is 0.422 e. The fourth-order valence-corrected chi connectivity index (χ4v) is 3.72. The minimum absolute atomic E-state index is 0.338. The first-order valence-electron chi connectivity index (χ1n) is 10.7. The maximum atomic E-state index is 12.7. The van der Waals surface area contributed by atoms with Crippen LogP contribution in [-0.4, -0.2) is 13.1 Å². The number of hydrogen-bond donors (Lipinski definition) is 0. The van der Waals surface area contributed by atoms with Crippen LogP contribution in [0.5, 0.6) is 0 Å². The Kier molecular flexibility index (Phi) is 6.19. The number of hydrogen-bond acceptors (Lipinski definition) is 4. The summed E-state index contributed by atoms with van der Waals surface area (Å²) in [7, 11) is 0. The summed E-state index contributed by atoms with van der Waals surface area (Å²) in [6.07, 6.45) is 4.00. The molecule has 32 heavy (non-hydrogen) atoms. The summed E-state index contributed by atoms with van der Waals surface area (Å²) in [5, 5.41) is 9.79. The second-order valence-corrected chi connectivity index (χ2v) is 7.53. The lowest BCUT2D eigenvalue weighted by Gasteiger charge is -2.21. The van der Waals surface area contributed by atoms with Gasteiger partial charge in [0.1, 0.15) is 5.58 Å². The second-order valence-electron chi connectivity index (χ2n) is 7.53. The minimum atomic E-state index is -0.338. The van der Waals surface area contributed by atoms with Crippen molar-refractivity contribution in [2.24, 2.45) is 0 Å². The van der Waals surface area contributed by atoms with E-state index in [2.05, 4.69) is 30.9 Å². The maximum absolute atomic E-state index is 12.7. The van der Waals surface area contributed by atoms with Crippen molar-refractivity contribution < 1.29 is 4.42 Å². The third-order valence-electron chi connectivity index (χ3n) is 5.58. The molecule has 1 heterocycles. The summed E-state index contributed by atoms with van der Waals surface area (Å²) in [5.74, 6) is 0. The summed E-state index contributed by atoms with van der Waals surface area (Å²) in [4.78, 5) is 14.9. The molecule has 4 aromatic rings. The Labute approximate surface area is 187 Å². The van der Waals surface area contributed by atoms with E-state index < -0.39 is 0 Å². The zero-order chi connectivity index (χ0) is 22.5. The molecule has 0 N–H and O–H groups in total. The molecule has 0 aliphatic heterocycles. The molecular weight excluding hydrogens is 396 g/mol. The van der Waals surface area contributed by atoms with Gasteiger partial charge >= 0.3 is 5.63 Å². The zero-order valence-corrected chi connectivity index (χ0v) is 18.2. The van der Waals surface area contributed by atoms with E-state index in [-0.39, 0.29) is 5.63 Å². The summed E-state index contributed by atoms with van der Waals surface area (Å²) >= 11 is 0. The van der Waals surface area contributed by atoms with Gasteiger partial charge in [0.15, 0.2) is 0 Å². The zero-order valence-electron chi connectivity index (χ0n) is 18.2. The molecule has 158 valence electrons. The highest BCUT2D eigenvalue weighted by Gasteiger charge is 2.10. The first-order chi connectivity index (χ1) is 15.6. The molecule has 0 amide bonds. The number of fused-ring (bicyclic) bond motifs is 1. The van der Waals surface area contributed by atoms with E-state index in [0.29, 0.717) is 16.7 Å². The molecule has 3 aromatic carbocycles. The van der Waals surface area contributed by atoms with E-state index >= 15 is 0 Å². The van der Waals surface area contributed by atoms with Crippen molar-refractivity contribution in [1.29, 1.82) is 5.26 Å². The third-order valence-corrected chi connectivity index (χ3v) is 5.58. The van der Waals surface area contributed by atoms with Crippen molar-refractivity contribution >= 4 is 28.8 Å². The van der Waals surface area contributed by atoms with E-state index in [1.807, 2.05) is 66.7 Å². The number of anilines is 1. The van der Waals surface area contributed by atoms with Crippen LogP contribution in [0.1, 0.15) is 30.5 Å². The summed E-state index contributed by atoms with van der Waals surface area (Å²) in [6.45, 7) is 6.01. The van der Waals surface area contributed by atoms with Gasteiger partial charge in [-0.3, -0.25) is 0 Å². The first kappa shape index (κ1) is 21.1. The van der Waals surface area contributed by atoms with Crippen molar-refractivity contribution in [3.05, 3.63) is 99.9 Å². The topological polar surface area (TPSA) is 57.2 Å². The molecule has 4 rings (SSSR count). The molecule has 0 bridgehead atoms. The molecule has 0 spiro atoms. The predicted molar refractivity (Wildman–Crippen MR) is 132 cm³/mol. The molecule has 1 aromatic heterocycles. The van der Waals surface area contributed by atoms with Gasteiger partial charge in [-0.25, -0.2) is 4.79 Å². The van der Waals surface area contributed by atoms with Gasteiger partial charge in [0.05, 0.1) is 17.2 Å². The summed E-state index contributed by atoms with van der Waals surface area (Å²) in [5.41, 5.74) is 5.38. The van der Waals surface area contributed by atoms with E-state index in [1.54, 1.807) is 12.1 Å². The summed E-state index contributed by atoms with van der Waals surface area (Å²) in [6, 6.07) is 25.3. The van der Waals surface area contributed by atoms with Crippen LogP contribution < -0.4 is 10.5 Å². The van der Waals surface area contributed by atoms with Crippen LogP contribution >= 0.6 is 0 Å². The predicted octanol–water partition coefficient (Wildman–Crippen LogP) is 6.35. The number of benzene rings is 3. The fourth-order valence-electron chi connectivity index (χ4n) is 3.72. The van der Waals surface area contributed by atoms with Crippen LogP contribution in [0.3, 0.4) is 0 Å². The van der Waals surface area contributed by atoms with Gasteiger partial charge in [0.25, 0.3) is 0 Å². The van der Waals surface area contributed by atoms with Crippen LogP contribution in [-0.2, 0) is 0 Å². The van der Waals surface area contributed by atoms with E-state index in [9.17, 15) is 4.79 Å². The molecule has 0 aliphatic carbocycles. The van der Waals surface area contributed by atoms with Crippen molar-refractivity contribution in [3.63, 3.8) is 0 Å². The Morgan fingerprint density at radius 1 is 0.875 bits per heavy atom. The molecule has 0 radical (unpaired) electrons. The minimum Gasteiger partial charge on any atom is -0.422 e. The van der Waals surface area contributed by atoms with Crippen molar-refractivity contribution in [2.75, 3.05) is 18.0 Å². The second kappa shape index (κ2) is 9.36. The van der Waals surface area contributed by atoms with Gasteiger partial charge in [-0.2, -0.15) is 5.26 Å². The maximum Gasteiger partial charge on any atom is 0.344 e. The standard InChI is InChI=1S/C28H24N2O2/c1-3-30(4-2)25-16-15-24-17-26(28(31)32-27(24)18-25)23-13-11-21(12-14-23)6-5-20-7-9-22(19-29)10-8-20/h5-18H,3-4H2,1-2H3/b6-5+. The molecular formula is C28H24N2O2. The SMILES string of the molecule is CCN(CC)c1ccc2cc(-c3ccc(/C=C/c4ccc(C#N)cc4)cc3)c(=O)oc2c1. The Balaban J connectivity index is 1.59. The van der Waals surface area contributed by atoms with E-state index in [1.165, 1.54) is 0 Å². The van der Waals surface area contributed by atoms with Crippen LogP contribution in [0.15, 0.2) is 82.0 Å². The molecule has 0 saturated heterocycles. The quantitative estimate of drug-likeness (QED) is 0.269. The molecule has 0 fully saturated rings. The molecule has 0 saturated carbocycles. The lowest BCUT2D eigenvalue weighted by Crippen LogP contribution is -2.21. The monoisotopic (exact) mass is 420 g/mol. The highest BCUT2D eigenvalue weighted by Crippen LogP contribution is 2.25. The van der Waals surface area contributed by atoms with Crippen molar-refractivity contribution in [2.45, 2.75) is 13.8 Å². The Morgan fingerprint density at radius 2 is 1.50 bits per heavy atom. The Bertz CT molecular complexity index is 1350. The molecule has 4 heteroatoms. The Hall–Kier alpha value is -4.10. The smallest absolute Gasteiger partial charge is 0.344 e. The van der Waals surface area contributed by atoms with Crippen LogP contribution in [0.4, 0.5) is 5.69 Å². The van der Waals surface area contributed by atoms with Gasteiger partial charge < -0.3 is 9.32 Å². The van der Waals surface area contributed by atoms with Crippen molar-refractivity contribution in [1.82, 2.24) is 0 Å². The van der Waals surface area contributed by atoms with Crippen LogP contribution in [0.2, 0.25) is 0 Å². The third kappa shape index (κ3) is 4.48. The van der Waals surface area contributed by atoms with Crippen LogP contribution in [0, 0.1) is 11.3 Å². The van der Waals surface area contributed by atoms with E-state index in [4.69, 9.17) is 9.68 Å². The van der Waals surface area contributed by atoms with Crippen LogP contribution in [0.25, 0.3) is 34.2 Å². The molecule has 4 nitrogen and oxygen atoms in total. The number of nitrogens with zero attached hydrogens (tertiary/aromatic N) is 2. The lowest BCUT2D eigenvalue weighted by molar-refractivity contribution is 0.563. The van der Waals surface area contributed by atoms with Crippen molar-refractivity contribution in [3.8, 4) is 17.2 Å². The van der Waals surface area contributed by atoms with E-state index in [0.717, 1.165) is 40.9 Å². The summed E-state index contributed by atoms with van der Waals surface area (Å²) < 4.78 is 5.66. The van der Waals surface area contributed by atoms with Gasteiger partial charge in [-0.05, 0) is 60.9 Å². The highest BCUT2D eigenvalue weighted by atomic mass is 16.4. The average molecular weight is 421 g/mol. The number of rotatable bonds is 6. The molecule has 0 atom stereocenters. The lowest BCUT2D eigenvalue weighted by atomic mass is 10.0. The fraction of sp³-hybridized carbons (Fsp3) is 0.143. The Morgan fingerprint density at radius 3 is 2.09 bits per heavy atom. The van der Waals surface area contributed by atoms with Gasteiger partial charge in [-0.15, -0.1) is 0 Å².